The number of carbonyl (C=O) groups excluding carboxylic acids is 1. The summed E-state index contributed by atoms with van der Waals surface area (Å²) in [5.74, 6) is -1.58. The summed E-state index contributed by atoms with van der Waals surface area (Å²) in [6, 6.07) is 0. The van der Waals surface area contributed by atoms with E-state index in [1.807, 2.05) is 0 Å². The third kappa shape index (κ3) is 1.36. The number of ether oxygens (including phenoxy) is 1. The number of aliphatic carboxylic acids is 1. The minimum absolute atomic E-state index is 0.0185. The number of methoxy groups -OCH3 is 1. The van der Waals surface area contributed by atoms with E-state index in [0.29, 0.717) is 12.8 Å². The minimum atomic E-state index is -1.00. The summed E-state index contributed by atoms with van der Waals surface area (Å²) in [5, 5.41) is 16.1. The largest absolute Gasteiger partial charge is 0.479 e. The molecule has 0 aromatic carbocycles. The summed E-state index contributed by atoms with van der Waals surface area (Å²) in [6.07, 6.45) is 2.31. The molecule has 2 rings (SSSR count). The average molecular weight is 211 g/mol. The molecule has 7 nitrogen and oxygen atoms in total. The van der Waals surface area contributed by atoms with E-state index in [-0.39, 0.29) is 5.69 Å². The standard InChI is InChI=1S/C8H9N3O4/c1-15-6(12)5-4-11(10-9-5)8(2-3-8)7(13)14/h4H,2-3H2,1H3,(H,13,14). The van der Waals surface area contributed by atoms with Crippen LogP contribution in [0.4, 0.5) is 0 Å². The fourth-order valence-corrected chi connectivity index (χ4v) is 1.33. The summed E-state index contributed by atoms with van der Waals surface area (Å²) in [5.41, 5.74) is -0.982. The molecule has 1 saturated carbocycles. The van der Waals surface area contributed by atoms with Crippen molar-refractivity contribution in [3.8, 4) is 0 Å². The van der Waals surface area contributed by atoms with Gasteiger partial charge in [0.05, 0.1) is 13.3 Å². The highest BCUT2D eigenvalue weighted by Crippen LogP contribution is 2.42. The molecule has 1 fully saturated rings. The second-order valence-corrected chi connectivity index (χ2v) is 3.38. The van der Waals surface area contributed by atoms with Gasteiger partial charge in [-0.05, 0) is 12.8 Å². The van der Waals surface area contributed by atoms with Gasteiger partial charge in [-0.15, -0.1) is 5.10 Å². The van der Waals surface area contributed by atoms with Crippen LogP contribution in [-0.4, -0.2) is 39.1 Å². The van der Waals surface area contributed by atoms with Gasteiger partial charge in [0.25, 0.3) is 0 Å². The first-order valence-corrected chi connectivity index (χ1v) is 4.35. The van der Waals surface area contributed by atoms with Crippen LogP contribution < -0.4 is 0 Å². The quantitative estimate of drug-likeness (QED) is 0.686. The van der Waals surface area contributed by atoms with E-state index in [0.717, 1.165) is 0 Å². The first kappa shape index (κ1) is 9.63. The highest BCUT2D eigenvalue weighted by molar-refractivity contribution is 5.87. The molecule has 0 amide bonds. The van der Waals surface area contributed by atoms with E-state index in [9.17, 15) is 9.59 Å². The van der Waals surface area contributed by atoms with Crippen molar-refractivity contribution >= 4 is 11.9 Å². The fraction of sp³-hybridized carbons (Fsp3) is 0.500. The van der Waals surface area contributed by atoms with Crippen LogP contribution in [0.25, 0.3) is 0 Å². The Morgan fingerprint density at radius 3 is 2.73 bits per heavy atom. The molecule has 1 aromatic rings. The summed E-state index contributed by atoms with van der Waals surface area (Å²) >= 11 is 0. The summed E-state index contributed by atoms with van der Waals surface area (Å²) in [7, 11) is 1.23. The van der Waals surface area contributed by atoms with E-state index in [1.54, 1.807) is 0 Å². The smallest absolute Gasteiger partial charge is 0.360 e. The Morgan fingerprint density at radius 1 is 1.60 bits per heavy atom. The lowest BCUT2D eigenvalue weighted by Crippen LogP contribution is -2.27. The molecule has 0 unspecified atom stereocenters. The molecule has 0 aliphatic heterocycles. The Balaban J connectivity index is 2.28. The SMILES string of the molecule is COC(=O)c1cn(C2(C(=O)O)CC2)nn1. The van der Waals surface area contributed by atoms with Crippen LogP contribution in [-0.2, 0) is 15.1 Å². The molecule has 1 aliphatic rings. The molecule has 0 spiro atoms. The van der Waals surface area contributed by atoms with Gasteiger partial charge in [0, 0.05) is 0 Å². The lowest BCUT2D eigenvalue weighted by molar-refractivity contribution is -0.142. The van der Waals surface area contributed by atoms with Gasteiger partial charge >= 0.3 is 11.9 Å². The fourth-order valence-electron chi connectivity index (χ4n) is 1.33. The monoisotopic (exact) mass is 211 g/mol. The van der Waals surface area contributed by atoms with Crippen molar-refractivity contribution < 1.29 is 19.4 Å². The third-order valence-electron chi connectivity index (χ3n) is 2.45. The number of rotatable bonds is 3. The molecule has 0 bridgehead atoms. The van der Waals surface area contributed by atoms with Crippen molar-refractivity contribution in [2.24, 2.45) is 0 Å². The van der Waals surface area contributed by atoms with E-state index >= 15 is 0 Å². The third-order valence-corrected chi connectivity index (χ3v) is 2.45. The lowest BCUT2D eigenvalue weighted by atomic mass is 10.3. The number of aromatic nitrogens is 3. The van der Waals surface area contributed by atoms with Crippen molar-refractivity contribution in [1.82, 2.24) is 15.0 Å². The van der Waals surface area contributed by atoms with Crippen molar-refractivity contribution in [2.75, 3.05) is 7.11 Å². The molecular weight excluding hydrogens is 202 g/mol. The molecule has 1 N–H and O–H groups in total. The Labute approximate surface area is 84.6 Å². The topological polar surface area (TPSA) is 94.3 Å². The number of hydrogen-bond donors (Lipinski definition) is 1. The number of carbonyl (C=O) groups is 2. The van der Waals surface area contributed by atoms with Crippen molar-refractivity contribution in [1.29, 1.82) is 0 Å². The number of nitrogens with zero attached hydrogens (tertiary/aromatic N) is 3. The molecule has 15 heavy (non-hydrogen) atoms. The van der Waals surface area contributed by atoms with Gasteiger partial charge in [0.15, 0.2) is 11.2 Å². The second-order valence-electron chi connectivity index (χ2n) is 3.38. The molecule has 1 aliphatic carbocycles. The highest BCUT2D eigenvalue weighted by atomic mass is 16.5. The van der Waals surface area contributed by atoms with E-state index in [1.165, 1.54) is 18.0 Å². The first-order chi connectivity index (χ1) is 7.10. The normalized spacial score (nSPS) is 17.1. The van der Waals surface area contributed by atoms with Crippen LogP contribution in [0.15, 0.2) is 6.20 Å². The van der Waals surface area contributed by atoms with E-state index in [2.05, 4.69) is 15.0 Å². The van der Waals surface area contributed by atoms with Gasteiger partial charge in [0.2, 0.25) is 0 Å². The number of hydrogen-bond acceptors (Lipinski definition) is 5. The molecule has 0 radical (unpaired) electrons. The zero-order chi connectivity index (χ0) is 11.1. The van der Waals surface area contributed by atoms with Crippen LogP contribution in [0.2, 0.25) is 0 Å². The van der Waals surface area contributed by atoms with E-state index in [4.69, 9.17) is 5.11 Å². The molecule has 1 heterocycles. The van der Waals surface area contributed by atoms with Crippen LogP contribution in [0.5, 0.6) is 0 Å². The minimum Gasteiger partial charge on any atom is -0.479 e. The summed E-state index contributed by atoms with van der Waals surface area (Å²) in [6.45, 7) is 0. The van der Waals surface area contributed by atoms with E-state index < -0.39 is 17.5 Å². The number of carboxylic acid groups (broad SMARTS) is 1. The van der Waals surface area contributed by atoms with Gasteiger partial charge in [-0.1, -0.05) is 5.21 Å². The van der Waals surface area contributed by atoms with Crippen molar-refractivity contribution in [3.63, 3.8) is 0 Å². The van der Waals surface area contributed by atoms with Gasteiger partial charge < -0.3 is 9.84 Å². The van der Waals surface area contributed by atoms with Gasteiger partial charge in [-0.3, -0.25) is 0 Å². The van der Waals surface area contributed by atoms with Crippen LogP contribution in [0, 0.1) is 0 Å². The van der Waals surface area contributed by atoms with Crippen LogP contribution in [0.3, 0.4) is 0 Å². The molecule has 0 atom stereocenters. The Bertz CT molecular complexity index is 421. The van der Waals surface area contributed by atoms with Gasteiger partial charge in [-0.2, -0.15) is 0 Å². The van der Waals surface area contributed by atoms with Crippen molar-refractivity contribution in [2.45, 2.75) is 18.4 Å². The Hall–Kier alpha value is -1.92. The number of carboxylic acids is 1. The predicted octanol–water partition coefficient (Wildman–Crippen LogP) is -0.362. The second kappa shape index (κ2) is 3.04. The maximum atomic E-state index is 11.1. The van der Waals surface area contributed by atoms with Gasteiger partial charge in [-0.25, -0.2) is 14.3 Å². The maximum absolute atomic E-state index is 11.1. The van der Waals surface area contributed by atoms with Crippen LogP contribution in [0.1, 0.15) is 23.3 Å². The van der Waals surface area contributed by atoms with Crippen molar-refractivity contribution in [3.05, 3.63) is 11.9 Å². The van der Waals surface area contributed by atoms with Crippen LogP contribution >= 0.6 is 0 Å². The Kier molecular flexibility index (Phi) is 1.95. The molecule has 7 heteroatoms. The first-order valence-electron chi connectivity index (χ1n) is 4.35. The molecular formula is C8H9N3O4. The van der Waals surface area contributed by atoms with Gasteiger partial charge in [0.1, 0.15) is 0 Å². The zero-order valence-corrected chi connectivity index (χ0v) is 8.01. The highest BCUT2D eigenvalue weighted by Gasteiger charge is 2.53. The average Bonchev–Trinajstić information content (AvgIpc) is 2.90. The molecule has 0 saturated heterocycles. The lowest BCUT2D eigenvalue weighted by Gasteiger charge is -2.07. The molecule has 1 aromatic heterocycles. The Morgan fingerprint density at radius 2 is 2.27 bits per heavy atom. The zero-order valence-electron chi connectivity index (χ0n) is 8.01. The maximum Gasteiger partial charge on any atom is 0.360 e. The predicted molar refractivity (Wildman–Crippen MR) is 46.2 cm³/mol. The molecule has 80 valence electrons. The summed E-state index contributed by atoms with van der Waals surface area (Å²) < 4.78 is 5.65. The summed E-state index contributed by atoms with van der Waals surface area (Å²) in [4.78, 5) is 22.0. The number of esters is 1.